The van der Waals surface area contributed by atoms with Gasteiger partial charge in [0.25, 0.3) is 0 Å². The summed E-state index contributed by atoms with van der Waals surface area (Å²) < 4.78 is 0. The average molecular weight is 331 g/mol. The molecule has 1 atom stereocenters. The summed E-state index contributed by atoms with van der Waals surface area (Å²) in [6.45, 7) is 3.70. The Morgan fingerprint density at radius 2 is 1.67 bits per heavy atom. The lowest BCUT2D eigenvalue weighted by atomic mass is 10.1. The molecule has 0 saturated carbocycles. The third kappa shape index (κ3) is 9.13. The number of amides is 1. The quantitative estimate of drug-likeness (QED) is 0.422. The first-order chi connectivity index (χ1) is 11.6. The van der Waals surface area contributed by atoms with Gasteiger partial charge in [0.05, 0.1) is 0 Å². The van der Waals surface area contributed by atoms with Crippen molar-refractivity contribution in [3.05, 3.63) is 48.6 Å². The summed E-state index contributed by atoms with van der Waals surface area (Å²) in [5, 5.41) is 11.9. The summed E-state index contributed by atoms with van der Waals surface area (Å²) in [4.78, 5) is 23.3. The summed E-state index contributed by atoms with van der Waals surface area (Å²) >= 11 is 0. The van der Waals surface area contributed by atoms with Crippen molar-refractivity contribution < 1.29 is 14.7 Å². The first kappa shape index (κ1) is 19.9. The monoisotopic (exact) mass is 331 g/mol. The molecule has 0 heterocycles. The number of hydrogen-bond donors (Lipinski definition) is 2. The summed E-state index contributed by atoms with van der Waals surface area (Å²) in [6.07, 6.45) is 10.2. The lowest BCUT2D eigenvalue weighted by Crippen LogP contribution is -2.42. The Morgan fingerprint density at radius 3 is 2.29 bits per heavy atom. The van der Waals surface area contributed by atoms with Crippen LogP contribution in [0.3, 0.4) is 0 Å². The topological polar surface area (TPSA) is 66.4 Å². The van der Waals surface area contributed by atoms with E-state index in [-0.39, 0.29) is 5.91 Å². The zero-order valence-electron chi connectivity index (χ0n) is 14.4. The van der Waals surface area contributed by atoms with Crippen LogP contribution in [0.4, 0.5) is 0 Å². The van der Waals surface area contributed by atoms with E-state index < -0.39 is 12.0 Å². The number of carboxylic acid groups (broad SMARTS) is 1. The van der Waals surface area contributed by atoms with E-state index in [1.807, 2.05) is 36.4 Å². The van der Waals surface area contributed by atoms with Gasteiger partial charge in [-0.25, -0.2) is 4.79 Å². The lowest BCUT2D eigenvalue weighted by Gasteiger charge is -2.14. The maximum absolute atomic E-state index is 11.9. The number of hydrogen-bond acceptors (Lipinski definition) is 2. The number of rotatable bonds is 13. The Morgan fingerprint density at radius 1 is 1.04 bits per heavy atom. The van der Waals surface area contributed by atoms with Gasteiger partial charge >= 0.3 is 5.97 Å². The SMILES string of the molecule is C=CCCCCCCCCC(=O)N[C@H](Cc1ccccc1)C(=O)O. The number of carbonyl (C=O) groups is 2. The van der Waals surface area contributed by atoms with Gasteiger partial charge in [0.2, 0.25) is 5.91 Å². The molecular formula is C20H29NO3. The smallest absolute Gasteiger partial charge is 0.326 e. The van der Waals surface area contributed by atoms with Crippen LogP contribution >= 0.6 is 0 Å². The Bertz CT molecular complexity index is 499. The Hall–Kier alpha value is -2.10. The van der Waals surface area contributed by atoms with Crippen molar-refractivity contribution in [3.8, 4) is 0 Å². The van der Waals surface area contributed by atoms with E-state index in [4.69, 9.17) is 0 Å². The molecule has 0 aliphatic carbocycles. The van der Waals surface area contributed by atoms with Crippen LogP contribution < -0.4 is 5.32 Å². The van der Waals surface area contributed by atoms with Crippen LogP contribution in [0.1, 0.15) is 56.9 Å². The Balaban J connectivity index is 2.21. The summed E-state index contributed by atoms with van der Waals surface area (Å²) in [5.41, 5.74) is 0.907. The number of benzene rings is 1. The van der Waals surface area contributed by atoms with E-state index in [0.717, 1.165) is 31.2 Å². The largest absolute Gasteiger partial charge is 0.480 e. The zero-order valence-corrected chi connectivity index (χ0v) is 14.4. The molecular weight excluding hydrogens is 302 g/mol. The van der Waals surface area contributed by atoms with E-state index in [9.17, 15) is 14.7 Å². The van der Waals surface area contributed by atoms with Crippen molar-refractivity contribution in [2.45, 2.75) is 63.8 Å². The van der Waals surface area contributed by atoms with E-state index in [1.165, 1.54) is 19.3 Å². The normalized spacial score (nSPS) is 11.7. The second kappa shape index (κ2) is 12.3. The number of allylic oxidation sites excluding steroid dienone is 1. The standard InChI is InChI=1S/C20H29NO3/c1-2-3-4-5-6-7-8-12-15-19(22)21-18(20(23)24)16-17-13-10-9-11-14-17/h2,9-11,13-14,18H,1,3-8,12,15-16H2,(H,21,22)(H,23,24)/t18-/m1/s1. The lowest BCUT2D eigenvalue weighted by molar-refractivity contribution is -0.141. The predicted octanol–water partition coefficient (Wildman–Crippen LogP) is 4.11. The fourth-order valence-corrected chi connectivity index (χ4v) is 2.60. The third-order valence-electron chi connectivity index (χ3n) is 3.98. The molecule has 0 aliphatic rings. The number of unbranched alkanes of at least 4 members (excludes halogenated alkanes) is 6. The van der Waals surface area contributed by atoms with Crippen LogP contribution in [0.5, 0.6) is 0 Å². The van der Waals surface area contributed by atoms with Crippen LogP contribution in [0.25, 0.3) is 0 Å². The van der Waals surface area contributed by atoms with Gasteiger partial charge in [0.1, 0.15) is 6.04 Å². The Labute approximate surface area is 145 Å². The molecule has 1 amide bonds. The van der Waals surface area contributed by atoms with E-state index in [2.05, 4.69) is 11.9 Å². The minimum atomic E-state index is -0.991. The van der Waals surface area contributed by atoms with Gasteiger partial charge in [-0.05, 0) is 24.8 Å². The van der Waals surface area contributed by atoms with Crippen LogP contribution in [-0.4, -0.2) is 23.0 Å². The Kier molecular flexibility index (Phi) is 10.3. The second-order valence-electron chi connectivity index (χ2n) is 6.10. The average Bonchev–Trinajstić information content (AvgIpc) is 2.57. The number of nitrogens with one attached hydrogen (secondary N) is 1. The first-order valence-corrected chi connectivity index (χ1v) is 8.80. The van der Waals surface area contributed by atoms with Gasteiger partial charge in [0, 0.05) is 12.8 Å². The molecule has 0 unspecified atom stereocenters. The van der Waals surface area contributed by atoms with Crippen LogP contribution in [0.2, 0.25) is 0 Å². The van der Waals surface area contributed by atoms with Crippen molar-refractivity contribution in [1.29, 1.82) is 0 Å². The van der Waals surface area contributed by atoms with E-state index in [1.54, 1.807) is 0 Å². The van der Waals surface area contributed by atoms with E-state index >= 15 is 0 Å². The molecule has 0 aromatic heterocycles. The summed E-state index contributed by atoms with van der Waals surface area (Å²) in [6, 6.07) is 8.49. The molecule has 0 radical (unpaired) electrons. The first-order valence-electron chi connectivity index (χ1n) is 8.80. The molecule has 4 nitrogen and oxygen atoms in total. The number of aliphatic carboxylic acids is 1. The highest BCUT2D eigenvalue weighted by Crippen LogP contribution is 2.09. The minimum absolute atomic E-state index is 0.176. The van der Waals surface area contributed by atoms with Gasteiger partial charge in [-0.15, -0.1) is 6.58 Å². The molecule has 0 saturated heterocycles. The molecule has 1 aromatic rings. The number of carboxylic acids is 1. The van der Waals surface area contributed by atoms with Gasteiger partial charge in [-0.1, -0.05) is 62.1 Å². The maximum Gasteiger partial charge on any atom is 0.326 e. The van der Waals surface area contributed by atoms with Gasteiger partial charge in [-0.2, -0.15) is 0 Å². The molecule has 1 aromatic carbocycles. The highest BCUT2D eigenvalue weighted by atomic mass is 16.4. The van der Waals surface area contributed by atoms with Crippen molar-refractivity contribution in [2.75, 3.05) is 0 Å². The number of carbonyl (C=O) groups excluding carboxylic acids is 1. The molecule has 1 rings (SSSR count). The molecule has 0 aliphatic heterocycles. The van der Waals surface area contributed by atoms with Crippen LogP contribution in [0.15, 0.2) is 43.0 Å². The van der Waals surface area contributed by atoms with E-state index in [0.29, 0.717) is 12.8 Å². The molecule has 0 bridgehead atoms. The van der Waals surface area contributed by atoms with Gasteiger partial charge in [-0.3, -0.25) is 4.79 Å². The molecule has 0 spiro atoms. The van der Waals surface area contributed by atoms with Crippen molar-refractivity contribution >= 4 is 11.9 Å². The molecule has 0 fully saturated rings. The summed E-state index contributed by atoms with van der Waals surface area (Å²) in [5.74, 6) is -1.17. The molecule has 24 heavy (non-hydrogen) atoms. The molecule has 4 heteroatoms. The van der Waals surface area contributed by atoms with Crippen LogP contribution in [-0.2, 0) is 16.0 Å². The summed E-state index contributed by atoms with van der Waals surface area (Å²) in [7, 11) is 0. The molecule has 2 N–H and O–H groups in total. The minimum Gasteiger partial charge on any atom is -0.480 e. The van der Waals surface area contributed by atoms with Crippen molar-refractivity contribution in [3.63, 3.8) is 0 Å². The highest BCUT2D eigenvalue weighted by molar-refractivity contribution is 5.83. The second-order valence-corrected chi connectivity index (χ2v) is 6.10. The fourth-order valence-electron chi connectivity index (χ4n) is 2.60. The fraction of sp³-hybridized carbons (Fsp3) is 0.500. The van der Waals surface area contributed by atoms with Gasteiger partial charge in [0.15, 0.2) is 0 Å². The van der Waals surface area contributed by atoms with Gasteiger partial charge < -0.3 is 10.4 Å². The third-order valence-corrected chi connectivity index (χ3v) is 3.98. The molecule has 132 valence electrons. The van der Waals surface area contributed by atoms with Crippen molar-refractivity contribution in [1.82, 2.24) is 5.32 Å². The van der Waals surface area contributed by atoms with Crippen molar-refractivity contribution in [2.24, 2.45) is 0 Å². The maximum atomic E-state index is 11.9. The predicted molar refractivity (Wildman–Crippen MR) is 96.8 cm³/mol. The zero-order chi connectivity index (χ0) is 17.6. The highest BCUT2D eigenvalue weighted by Gasteiger charge is 2.19. The van der Waals surface area contributed by atoms with Crippen LogP contribution in [0, 0.1) is 0 Å².